The van der Waals surface area contributed by atoms with Gasteiger partial charge in [0.15, 0.2) is 12.0 Å². The molecule has 5 heteroatoms. The summed E-state index contributed by atoms with van der Waals surface area (Å²) in [5.74, 6) is 0.537. The summed E-state index contributed by atoms with van der Waals surface area (Å²) in [5, 5.41) is 0. The van der Waals surface area contributed by atoms with Gasteiger partial charge in [0.1, 0.15) is 11.8 Å². The number of oxazole rings is 1. The molecule has 3 aromatic rings. The molecule has 2 heterocycles. The largest absolute Gasteiger partial charge is 0.481 e. The topological polar surface area (TPSA) is 61.0 Å². The van der Waals surface area contributed by atoms with E-state index in [2.05, 4.69) is 15.0 Å². The van der Waals surface area contributed by atoms with Crippen molar-refractivity contribution in [1.29, 1.82) is 0 Å². The number of nitrogens with zero attached hydrogens (tertiary/aromatic N) is 3. The summed E-state index contributed by atoms with van der Waals surface area (Å²) in [6.45, 7) is 0. The average Bonchev–Trinajstić information content (AvgIpc) is 2.86. The fourth-order valence-corrected chi connectivity index (χ4v) is 1.63. The SMILES string of the molecule is COc1cc(-c2ccc3ocnc3c2)ncn1. The van der Waals surface area contributed by atoms with Gasteiger partial charge < -0.3 is 9.15 Å². The molecule has 0 radical (unpaired) electrons. The Morgan fingerprint density at radius 1 is 1.12 bits per heavy atom. The Hall–Kier alpha value is -2.43. The zero-order valence-electron chi connectivity index (χ0n) is 9.12. The highest BCUT2D eigenvalue weighted by Crippen LogP contribution is 2.23. The highest BCUT2D eigenvalue weighted by atomic mass is 16.5. The van der Waals surface area contributed by atoms with Crippen LogP contribution in [0, 0.1) is 0 Å². The van der Waals surface area contributed by atoms with Gasteiger partial charge in [0.25, 0.3) is 0 Å². The van der Waals surface area contributed by atoms with E-state index in [-0.39, 0.29) is 0 Å². The van der Waals surface area contributed by atoms with Crippen molar-refractivity contribution < 1.29 is 9.15 Å². The molecule has 0 unspecified atom stereocenters. The van der Waals surface area contributed by atoms with Crippen LogP contribution >= 0.6 is 0 Å². The molecule has 0 saturated heterocycles. The lowest BCUT2D eigenvalue weighted by Crippen LogP contribution is -1.90. The molecule has 0 spiro atoms. The Morgan fingerprint density at radius 2 is 2.06 bits per heavy atom. The highest BCUT2D eigenvalue weighted by Gasteiger charge is 2.05. The molecule has 0 fully saturated rings. The monoisotopic (exact) mass is 227 g/mol. The zero-order valence-corrected chi connectivity index (χ0v) is 9.12. The fraction of sp³-hybridized carbons (Fsp3) is 0.0833. The Morgan fingerprint density at radius 3 is 2.94 bits per heavy atom. The third-order valence-electron chi connectivity index (χ3n) is 2.48. The molecule has 3 rings (SSSR count). The summed E-state index contributed by atoms with van der Waals surface area (Å²) in [6, 6.07) is 7.49. The molecule has 0 amide bonds. The first kappa shape index (κ1) is 9.77. The smallest absolute Gasteiger partial charge is 0.216 e. The number of hydrogen-bond acceptors (Lipinski definition) is 5. The van der Waals surface area contributed by atoms with E-state index in [0.717, 1.165) is 22.4 Å². The normalized spacial score (nSPS) is 10.6. The first-order valence-corrected chi connectivity index (χ1v) is 5.06. The molecule has 1 aromatic carbocycles. The van der Waals surface area contributed by atoms with Crippen molar-refractivity contribution in [1.82, 2.24) is 15.0 Å². The quantitative estimate of drug-likeness (QED) is 0.672. The van der Waals surface area contributed by atoms with Gasteiger partial charge in [-0.1, -0.05) is 0 Å². The van der Waals surface area contributed by atoms with E-state index in [4.69, 9.17) is 9.15 Å². The maximum absolute atomic E-state index is 5.19. The molecule has 0 atom stereocenters. The maximum Gasteiger partial charge on any atom is 0.216 e. The number of aromatic nitrogens is 3. The Kier molecular flexibility index (Phi) is 2.22. The van der Waals surface area contributed by atoms with Crippen molar-refractivity contribution in [2.75, 3.05) is 7.11 Å². The number of methoxy groups -OCH3 is 1. The van der Waals surface area contributed by atoms with E-state index in [1.54, 1.807) is 13.2 Å². The van der Waals surface area contributed by atoms with Gasteiger partial charge in [-0.25, -0.2) is 15.0 Å². The molecule has 5 nitrogen and oxygen atoms in total. The van der Waals surface area contributed by atoms with Crippen LogP contribution in [-0.4, -0.2) is 22.1 Å². The van der Waals surface area contributed by atoms with Crippen LogP contribution < -0.4 is 4.74 Å². The number of rotatable bonds is 2. The van der Waals surface area contributed by atoms with Gasteiger partial charge in [-0.05, 0) is 18.2 Å². The minimum atomic E-state index is 0.537. The van der Waals surface area contributed by atoms with Crippen molar-refractivity contribution in [3.63, 3.8) is 0 Å². The number of hydrogen-bond donors (Lipinski definition) is 0. The average molecular weight is 227 g/mol. The molecule has 0 bridgehead atoms. The van der Waals surface area contributed by atoms with E-state index in [1.807, 2.05) is 18.2 Å². The fourth-order valence-electron chi connectivity index (χ4n) is 1.63. The van der Waals surface area contributed by atoms with Crippen LogP contribution in [0.5, 0.6) is 5.88 Å². The van der Waals surface area contributed by atoms with Crippen molar-refractivity contribution in [2.24, 2.45) is 0 Å². The third kappa shape index (κ3) is 1.71. The Bertz CT molecular complexity index is 663. The molecular formula is C12H9N3O2. The van der Waals surface area contributed by atoms with Gasteiger partial charge in [0.05, 0.1) is 12.8 Å². The van der Waals surface area contributed by atoms with Crippen molar-refractivity contribution in [3.05, 3.63) is 37.0 Å². The van der Waals surface area contributed by atoms with Crippen LogP contribution in [0.3, 0.4) is 0 Å². The van der Waals surface area contributed by atoms with Crippen LogP contribution in [0.2, 0.25) is 0 Å². The van der Waals surface area contributed by atoms with Gasteiger partial charge in [-0.3, -0.25) is 0 Å². The van der Waals surface area contributed by atoms with Crippen LogP contribution in [0.4, 0.5) is 0 Å². The molecule has 0 aliphatic rings. The summed E-state index contributed by atoms with van der Waals surface area (Å²) < 4.78 is 10.2. The van der Waals surface area contributed by atoms with E-state index < -0.39 is 0 Å². The molecule has 0 N–H and O–H groups in total. The number of ether oxygens (including phenoxy) is 1. The standard InChI is InChI=1S/C12H9N3O2/c1-16-12-5-9(13-6-14-12)8-2-3-11-10(4-8)15-7-17-11/h2-7H,1H3. The van der Waals surface area contributed by atoms with Gasteiger partial charge in [0.2, 0.25) is 5.88 Å². The lowest BCUT2D eigenvalue weighted by Gasteiger charge is -2.02. The maximum atomic E-state index is 5.19. The first-order chi connectivity index (χ1) is 8.36. The van der Waals surface area contributed by atoms with Crippen molar-refractivity contribution in [2.45, 2.75) is 0 Å². The Balaban J connectivity index is 2.12. The minimum absolute atomic E-state index is 0.537. The second-order valence-electron chi connectivity index (χ2n) is 3.48. The number of fused-ring (bicyclic) bond motifs is 1. The first-order valence-electron chi connectivity index (χ1n) is 5.06. The van der Waals surface area contributed by atoms with Gasteiger partial charge >= 0.3 is 0 Å². The lowest BCUT2D eigenvalue weighted by molar-refractivity contribution is 0.397. The van der Waals surface area contributed by atoms with E-state index in [0.29, 0.717) is 5.88 Å². The molecule has 17 heavy (non-hydrogen) atoms. The lowest BCUT2D eigenvalue weighted by atomic mass is 10.1. The molecule has 0 aliphatic heterocycles. The van der Waals surface area contributed by atoms with Crippen LogP contribution in [0.15, 0.2) is 41.4 Å². The summed E-state index contributed by atoms with van der Waals surface area (Å²) in [7, 11) is 1.58. The van der Waals surface area contributed by atoms with E-state index in [9.17, 15) is 0 Å². The zero-order chi connectivity index (χ0) is 11.7. The van der Waals surface area contributed by atoms with Gasteiger partial charge in [-0.15, -0.1) is 0 Å². The van der Waals surface area contributed by atoms with Crippen LogP contribution in [-0.2, 0) is 0 Å². The van der Waals surface area contributed by atoms with E-state index in [1.165, 1.54) is 12.7 Å². The van der Waals surface area contributed by atoms with E-state index >= 15 is 0 Å². The predicted octanol–water partition coefficient (Wildman–Crippen LogP) is 2.29. The second-order valence-corrected chi connectivity index (χ2v) is 3.48. The molecule has 0 saturated carbocycles. The Labute approximate surface area is 97.1 Å². The van der Waals surface area contributed by atoms with Crippen LogP contribution in [0.1, 0.15) is 0 Å². The summed E-state index contributed by atoms with van der Waals surface area (Å²) >= 11 is 0. The molecule has 2 aromatic heterocycles. The summed E-state index contributed by atoms with van der Waals surface area (Å²) in [5.41, 5.74) is 3.31. The predicted molar refractivity (Wildman–Crippen MR) is 61.6 cm³/mol. The van der Waals surface area contributed by atoms with Crippen molar-refractivity contribution >= 4 is 11.1 Å². The number of benzene rings is 1. The highest BCUT2D eigenvalue weighted by molar-refractivity contribution is 5.79. The second kappa shape index (κ2) is 3.86. The minimum Gasteiger partial charge on any atom is -0.481 e. The van der Waals surface area contributed by atoms with Crippen molar-refractivity contribution in [3.8, 4) is 17.1 Å². The summed E-state index contributed by atoms with van der Waals surface area (Å²) in [4.78, 5) is 12.3. The molecule has 0 aliphatic carbocycles. The van der Waals surface area contributed by atoms with Crippen LogP contribution in [0.25, 0.3) is 22.4 Å². The van der Waals surface area contributed by atoms with Gasteiger partial charge in [0, 0.05) is 11.6 Å². The molecular weight excluding hydrogens is 218 g/mol. The molecule has 84 valence electrons. The third-order valence-corrected chi connectivity index (χ3v) is 2.48. The van der Waals surface area contributed by atoms with Gasteiger partial charge in [-0.2, -0.15) is 0 Å². The summed E-state index contributed by atoms with van der Waals surface area (Å²) in [6.07, 6.45) is 2.90.